The number of hydrogen-bond donors (Lipinski definition) is 1. The van der Waals surface area contributed by atoms with Crippen molar-refractivity contribution in [3.05, 3.63) is 65.7 Å². The molecule has 2 aromatic heterocycles. The summed E-state index contributed by atoms with van der Waals surface area (Å²) in [5.74, 6) is 1.39. The number of para-hydroxylation sites is 3. The molecule has 0 aliphatic heterocycles. The highest BCUT2D eigenvalue weighted by molar-refractivity contribution is 7.98. The van der Waals surface area contributed by atoms with Gasteiger partial charge in [-0.15, -0.1) is 16.4 Å². The van der Waals surface area contributed by atoms with E-state index in [0.717, 1.165) is 27.9 Å². The van der Waals surface area contributed by atoms with Gasteiger partial charge in [-0.3, -0.25) is 0 Å². The summed E-state index contributed by atoms with van der Waals surface area (Å²) < 4.78 is 7.08. The maximum absolute atomic E-state index is 5.40. The van der Waals surface area contributed by atoms with Gasteiger partial charge >= 0.3 is 0 Å². The molecule has 4 aromatic rings. The van der Waals surface area contributed by atoms with Crippen LogP contribution in [0.5, 0.6) is 5.75 Å². The molecule has 0 atom stereocenters. The molecule has 0 amide bonds. The Hall–Kier alpha value is -2.91. The number of rotatable bonds is 7. The topological polar surface area (TPSA) is 77.8 Å². The van der Waals surface area contributed by atoms with Crippen molar-refractivity contribution in [2.24, 2.45) is 0 Å². The number of hydrogen-bond acceptors (Lipinski definition) is 8. The van der Waals surface area contributed by atoms with E-state index in [2.05, 4.69) is 25.8 Å². The molecule has 0 saturated heterocycles. The Kier molecular flexibility index (Phi) is 5.31. The second-order valence-corrected chi connectivity index (χ2v) is 7.27. The summed E-state index contributed by atoms with van der Waals surface area (Å²) in [7, 11) is 1.63. The normalized spacial score (nSPS) is 10.7. The summed E-state index contributed by atoms with van der Waals surface area (Å²) in [5.41, 5.74) is 2.79. The molecule has 0 spiro atoms. The number of nitrogens with zero attached hydrogens (tertiary/aromatic N) is 5. The molecule has 136 valence electrons. The summed E-state index contributed by atoms with van der Waals surface area (Å²) >= 11 is 3.10. The van der Waals surface area contributed by atoms with E-state index < -0.39 is 0 Å². The summed E-state index contributed by atoms with van der Waals surface area (Å²) in [5, 5.41) is 18.9. The standard InChI is InChI=1S/C18H16N6OS2/c1-25-16-10-6-5-9-15(16)24-18(21-22-23-24)27-12-14-11-26-17(20-14)19-13-7-3-2-4-8-13/h2-11H,12H2,1H3,(H,19,20). The maximum atomic E-state index is 5.40. The number of nitrogens with one attached hydrogen (secondary N) is 1. The third kappa shape index (κ3) is 4.09. The molecule has 0 saturated carbocycles. The zero-order valence-electron chi connectivity index (χ0n) is 14.4. The Labute approximate surface area is 164 Å². The molecule has 7 nitrogen and oxygen atoms in total. The van der Waals surface area contributed by atoms with Crippen molar-refractivity contribution in [2.75, 3.05) is 12.4 Å². The molecular formula is C18H16N6OS2. The van der Waals surface area contributed by atoms with Crippen molar-refractivity contribution >= 4 is 33.9 Å². The lowest BCUT2D eigenvalue weighted by Gasteiger charge is -2.08. The van der Waals surface area contributed by atoms with Gasteiger partial charge in [-0.25, -0.2) is 4.98 Å². The van der Waals surface area contributed by atoms with Crippen molar-refractivity contribution in [1.29, 1.82) is 0 Å². The third-order valence-corrected chi connectivity index (χ3v) is 5.44. The van der Waals surface area contributed by atoms with Crippen LogP contribution in [0.25, 0.3) is 5.69 Å². The number of aromatic nitrogens is 5. The Morgan fingerprint density at radius 1 is 1.11 bits per heavy atom. The largest absolute Gasteiger partial charge is 0.494 e. The Morgan fingerprint density at radius 3 is 2.78 bits per heavy atom. The van der Waals surface area contributed by atoms with Crippen molar-refractivity contribution < 1.29 is 4.74 Å². The number of anilines is 2. The van der Waals surface area contributed by atoms with Crippen LogP contribution in [0.3, 0.4) is 0 Å². The first kappa shape index (κ1) is 17.5. The number of methoxy groups -OCH3 is 1. The molecule has 0 bridgehead atoms. The van der Waals surface area contributed by atoms with Gasteiger partial charge in [0.25, 0.3) is 0 Å². The Balaban J connectivity index is 1.45. The van der Waals surface area contributed by atoms with E-state index in [1.807, 2.05) is 60.0 Å². The predicted octanol–water partition coefficient (Wildman–Crippen LogP) is 4.16. The van der Waals surface area contributed by atoms with Gasteiger partial charge in [-0.05, 0) is 34.7 Å². The minimum absolute atomic E-state index is 0.669. The van der Waals surface area contributed by atoms with Crippen LogP contribution < -0.4 is 10.1 Å². The summed E-state index contributed by atoms with van der Waals surface area (Å²) in [6.07, 6.45) is 0. The summed E-state index contributed by atoms with van der Waals surface area (Å²) in [6, 6.07) is 17.6. The molecule has 0 aliphatic rings. The van der Waals surface area contributed by atoms with E-state index in [0.29, 0.717) is 10.9 Å². The van der Waals surface area contributed by atoms with Gasteiger partial charge in [0.2, 0.25) is 5.16 Å². The van der Waals surface area contributed by atoms with E-state index in [1.54, 1.807) is 23.1 Å². The highest BCUT2D eigenvalue weighted by atomic mass is 32.2. The predicted molar refractivity (Wildman–Crippen MR) is 107 cm³/mol. The van der Waals surface area contributed by atoms with Crippen LogP contribution in [-0.2, 0) is 5.75 Å². The van der Waals surface area contributed by atoms with Crippen LogP contribution in [0.15, 0.2) is 65.1 Å². The molecule has 1 N–H and O–H groups in total. The minimum atomic E-state index is 0.669. The monoisotopic (exact) mass is 396 g/mol. The van der Waals surface area contributed by atoms with Crippen LogP contribution in [0.2, 0.25) is 0 Å². The molecule has 9 heteroatoms. The molecule has 27 heavy (non-hydrogen) atoms. The molecular weight excluding hydrogens is 380 g/mol. The zero-order chi connectivity index (χ0) is 18.5. The highest BCUT2D eigenvalue weighted by Gasteiger charge is 2.14. The van der Waals surface area contributed by atoms with E-state index in [4.69, 9.17) is 4.74 Å². The van der Waals surface area contributed by atoms with Gasteiger partial charge < -0.3 is 10.1 Å². The van der Waals surface area contributed by atoms with Crippen LogP contribution in [0.4, 0.5) is 10.8 Å². The Bertz CT molecular complexity index is 1020. The number of tetrazole rings is 1. The number of thiazole rings is 1. The van der Waals surface area contributed by atoms with Gasteiger partial charge in [-0.1, -0.05) is 42.1 Å². The minimum Gasteiger partial charge on any atom is -0.494 e. The fraction of sp³-hybridized carbons (Fsp3) is 0.111. The average Bonchev–Trinajstić information content (AvgIpc) is 3.36. The van der Waals surface area contributed by atoms with Gasteiger partial charge in [0.1, 0.15) is 11.4 Å². The third-order valence-electron chi connectivity index (χ3n) is 3.68. The summed E-state index contributed by atoms with van der Waals surface area (Å²) in [4.78, 5) is 4.63. The lowest BCUT2D eigenvalue weighted by molar-refractivity contribution is 0.410. The van der Waals surface area contributed by atoms with Crippen molar-refractivity contribution in [3.8, 4) is 11.4 Å². The van der Waals surface area contributed by atoms with Crippen LogP contribution in [-0.4, -0.2) is 32.3 Å². The first-order chi connectivity index (χ1) is 13.3. The maximum Gasteiger partial charge on any atom is 0.214 e. The van der Waals surface area contributed by atoms with Crippen molar-refractivity contribution in [3.63, 3.8) is 0 Å². The second-order valence-electron chi connectivity index (χ2n) is 5.47. The molecule has 0 radical (unpaired) electrons. The lowest BCUT2D eigenvalue weighted by Crippen LogP contribution is -2.01. The average molecular weight is 397 g/mol. The first-order valence-corrected chi connectivity index (χ1v) is 10.0. The zero-order valence-corrected chi connectivity index (χ0v) is 16.1. The van der Waals surface area contributed by atoms with E-state index in [1.165, 1.54) is 11.8 Å². The number of thioether (sulfide) groups is 1. The molecule has 4 rings (SSSR count). The highest BCUT2D eigenvalue weighted by Crippen LogP contribution is 2.28. The molecule has 0 aliphatic carbocycles. The van der Waals surface area contributed by atoms with Crippen LogP contribution in [0, 0.1) is 0 Å². The fourth-order valence-electron chi connectivity index (χ4n) is 2.44. The van der Waals surface area contributed by atoms with E-state index in [9.17, 15) is 0 Å². The number of ether oxygens (including phenoxy) is 1. The Morgan fingerprint density at radius 2 is 1.93 bits per heavy atom. The molecule has 0 unspecified atom stereocenters. The first-order valence-electron chi connectivity index (χ1n) is 8.14. The molecule has 2 aromatic carbocycles. The molecule has 2 heterocycles. The fourth-order valence-corrected chi connectivity index (χ4v) is 4.05. The molecule has 0 fully saturated rings. The number of benzene rings is 2. The lowest BCUT2D eigenvalue weighted by atomic mass is 10.3. The quantitative estimate of drug-likeness (QED) is 0.470. The van der Waals surface area contributed by atoms with Crippen molar-refractivity contribution in [1.82, 2.24) is 25.2 Å². The van der Waals surface area contributed by atoms with E-state index >= 15 is 0 Å². The van der Waals surface area contributed by atoms with Gasteiger partial charge in [-0.2, -0.15) is 4.68 Å². The van der Waals surface area contributed by atoms with E-state index in [-0.39, 0.29) is 0 Å². The summed E-state index contributed by atoms with van der Waals surface area (Å²) in [6.45, 7) is 0. The van der Waals surface area contributed by atoms with Gasteiger partial charge in [0.05, 0.1) is 12.8 Å². The van der Waals surface area contributed by atoms with Crippen molar-refractivity contribution in [2.45, 2.75) is 10.9 Å². The van der Waals surface area contributed by atoms with Gasteiger partial charge in [0.15, 0.2) is 5.13 Å². The SMILES string of the molecule is COc1ccccc1-n1nnnc1SCc1csc(Nc2ccccc2)n1. The second kappa shape index (κ2) is 8.19. The van der Waals surface area contributed by atoms with Gasteiger partial charge in [0, 0.05) is 16.8 Å². The van der Waals surface area contributed by atoms with Crippen LogP contribution in [0.1, 0.15) is 5.69 Å². The van der Waals surface area contributed by atoms with Crippen LogP contribution >= 0.6 is 23.1 Å². The smallest absolute Gasteiger partial charge is 0.214 e.